The molecule has 0 bridgehead atoms. The zero-order chi connectivity index (χ0) is 21.1. The molecule has 1 fully saturated rings. The summed E-state index contributed by atoms with van der Waals surface area (Å²) in [7, 11) is 0. The van der Waals surface area contributed by atoms with Gasteiger partial charge in [-0.25, -0.2) is 9.69 Å². The lowest BCUT2D eigenvalue weighted by molar-refractivity contribution is -0.134. The number of amides is 4. The van der Waals surface area contributed by atoms with E-state index < -0.39 is 29.9 Å². The number of urea groups is 1. The lowest BCUT2D eigenvalue weighted by atomic mass is 9.99. The Morgan fingerprint density at radius 3 is 2.03 bits per heavy atom. The minimum absolute atomic E-state index is 0.158. The number of nitrogens with zero attached hydrogens (tertiary/aromatic N) is 1. The molecular formula is C24H21N3O3. The van der Waals surface area contributed by atoms with Crippen LogP contribution in [-0.4, -0.2) is 28.8 Å². The summed E-state index contributed by atoms with van der Waals surface area (Å²) in [5, 5.41) is 2.65. The number of hydrogen-bond acceptors (Lipinski definition) is 3. The van der Waals surface area contributed by atoms with Gasteiger partial charge >= 0.3 is 6.03 Å². The van der Waals surface area contributed by atoms with Crippen LogP contribution in [0.5, 0.6) is 0 Å². The molecule has 3 aromatic rings. The summed E-state index contributed by atoms with van der Waals surface area (Å²) in [4.78, 5) is 38.6. The maximum absolute atomic E-state index is 12.9. The number of carbonyl (C=O) groups excluding carboxylic acids is 3. The van der Waals surface area contributed by atoms with E-state index in [0.717, 1.165) is 21.6 Å². The molecule has 6 heteroatoms. The van der Waals surface area contributed by atoms with Crippen LogP contribution in [0, 0.1) is 0 Å². The van der Waals surface area contributed by atoms with Gasteiger partial charge in [-0.15, -0.1) is 0 Å². The van der Waals surface area contributed by atoms with Gasteiger partial charge in [0.15, 0.2) is 0 Å². The Hall–Kier alpha value is -3.93. The molecule has 6 nitrogen and oxygen atoms in total. The summed E-state index contributed by atoms with van der Waals surface area (Å²) in [6.45, 7) is 0. The molecule has 1 aliphatic heterocycles. The van der Waals surface area contributed by atoms with Crippen LogP contribution in [0.2, 0.25) is 0 Å². The fourth-order valence-corrected chi connectivity index (χ4v) is 3.67. The van der Waals surface area contributed by atoms with Crippen LogP contribution in [0.1, 0.15) is 17.2 Å². The summed E-state index contributed by atoms with van der Waals surface area (Å²) in [5.74, 6) is -1.20. The van der Waals surface area contributed by atoms with Crippen LogP contribution in [-0.2, 0) is 16.0 Å². The number of nitrogens with two attached hydrogens (primary N) is 1. The Labute approximate surface area is 174 Å². The first-order valence-electron chi connectivity index (χ1n) is 9.67. The molecule has 3 aromatic carbocycles. The van der Waals surface area contributed by atoms with Crippen LogP contribution in [0.15, 0.2) is 84.9 Å². The van der Waals surface area contributed by atoms with Crippen LogP contribution in [0.4, 0.5) is 4.79 Å². The van der Waals surface area contributed by atoms with E-state index in [1.54, 1.807) is 24.3 Å². The molecule has 0 unspecified atom stereocenters. The number of nitrogens with one attached hydrogen (secondary N) is 1. The van der Waals surface area contributed by atoms with E-state index in [0.29, 0.717) is 5.56 Å². The van der Waals surface area contributed by atoms with Gasteiger partial charge in [-0.05, 0) is 22.3 Å². The van der Waals surface area contributed by atoms with Crippen molar-refractivity contribution in [3.8, 4) is 11.1 Å². The smallest absolute Gasteiger partial charge is 0.325 e. The van der Waals surface area contributed by atoms with Gasteiger partial charge < -0.3 is 11.1 Å². The zero-order valence-electron chi connectivity index (χ0n) is 16.2. The van der Waals surface area contributed by atoms with Crippen molar-refractivity contribution in [1.29, 1.82) is 0 Å². The van der Waals surface area contributed by atoms with Crippen molar-refractivity contribution in [3.63, 3.8) is 0 Å². The summed E-state index contributed by atoms with van der Waals surface area (Å²) >= 11 is 0. The Morgan fingerprint density at radius 1 is 0.867 bits per heavy atom. The van der Waals surface area contributed by atoms with E-state index in [1.165, 1.54) is 0 Å². The normalized spacial score (nSPS) is 16.9. The second kappa shape index (κ2) is 8.21. The number of primary amides is 1. The fourth-order valence-electron chi connectivity index (χ4n) is 3.67. The average Bonchev–Trinajstić information content (AvgIpc) is 3.07. The molecule has 4 rings (SSSR count). The topological polar surface area (TPSA) is 92.5 Å². The highest BCUT2D eigenvalue weighted by molar-refractivity contribution is 6.07. The Bertz CT molecular complexity index is 1070. The van der Waals surface area contributed by atoms with Crippen LogP contribution < -0.4 is 11.1 Å². The van der Waals surface area contributed by atoms with Gasteiger partial charge in [-0.2, -0.15) is 0 Å². The maximum Gasteiger partial charge on any atom is 0.325 e. The molecule has 3 N–H and O–H groups in total. The van der Waals surface area contributed by atoms with Crippen molar-refractivity contribution in [3.05, 3.63) is 96.1 Å². The molecule has 0 radical (unpaired) electrons. The van der Waals surface area contributed by atoms with Crippen molar-refractivity contribution in [1.82, 2.24) is 10.2 Å². The van der Waals surface area contributed by atoms with Crippen molar-refractivity contribution in [2.45, 2.75) is 18.5 Å². The van der Waals surface area contributed by atoms with E-state index in [1.807, 2.05) is 60.7 Å². The summed E-state index contributed by atoms with van der Waals surface area (Å²) < 4.78 is 0. The third-order valence-corrected chi connectivity index (χ3v) is 5.23. The molecule has 0 spiro atoms. The van der Waals surface area contributed by atoms with Gasteiger partial charge in [0.25, 0.3) is 5.91 Å². The molecule has 150 valence electrons. The summed E-state index contributed by atoms with van der Waals surface area (Å²) in [5.41, 5.74) is 9.16. The number of carbonyl (C=O) groups is 3. The van der Waals surface area contributed by atoms with Crippen molar-refractivity contribution in [2.24, 2.45) is 5.73 Å². The van der Waals surface area contributed by atoms with Crippen LogP contribution >= 0.6 is 0 Å². The molecule has 30 heavy (non-hydrogen) atoms. The van der Waals surface area contributed by atoms with E-state index in [-0.39, 0.29) is 6.42 Å². The first kappa shape index (κ1) is 19.4. The molecule has 0 aromatic heterocycles. The van der Waals surface area contributed by atoms with Gasteiger partial charge in [-0.1, -0.05) is 84.9 Å². The fraction of sp³-hybridized carbons (Fsp3) is 0.125. The number of benzene rings is 3. The third kappa shape index (κ3) is 3.80. The molecule has 4 amide bonds. The van der Waals surface area contributed by atoms with Gasteiger partial charge in [0.1, 0.15) is 12.1 Å². The monoisotopic (exact) mass is 399 g/mol. The van der Waals surface area contributed by atoms with Gasteiger partial charge in [-0.3, -0.25) is 9.59 Å². The first-order valence-corrected chi connectivity index (χ1v) is 9.67. The molecular weight excluding hydrogens is 378 g/mol. The predicted octanol–water partition coefficient (Wildman–Crippen LogP) is 3.04. The van der Waals surface area contributed by atoms with Crippen molar-refractivity contribution in [2.75, 3.05) is 0 Å². The maximum atomic E-state index is 12.9. The van der Waals surface area contributed by atoms with Gasteiger partial charge in [0.05, 0.1) is 0 Å². The van der Waals surface area contributed by atoms with Crippen LogP contribution in [0.25, 0.3) is 11.1 Å². The quantitative estimate of drug-likeness (QED) is 0.624. The Morgan fingerprint density at radius 2 is 1.43 bits per heavy atom. The highest BCUT2D eigenvalue weighted by Crippen LogP contribution is 2.25. The molecule has 1 heterocycles. The number of rotatable bonds is 6. The number of imide groups is 1. The van der Waals surface area contributed by atoms with Gasteiger partial charge in [0.2, 0.25) is 5.91 Å². The minimum atomic E-state index is -1.06. The highest BCUT2D eigenvalue weighted by Gasteiger charge is 2.44. The largest absolute Gasteiger partial charge is 0.368 e. The average molecular weight is 399 g/mol. The SMILES string of the molecule is NC(=O)[C@H](Cc1ccc(-c2ccccc2)cc1)N1C(=O)N[C@@H](c2ccccc2)C1=O. The highest BCUT2D eigenvalue weighted by atomic mass is 16.2. The van der Waals surface area contributed by atoms with Crippen LogP contribution in [0.3, 0.4) is 0 Å². The first-order chi connectivity index (χ1) is 14.5. The molecule has 2 atom stereocenters. The predicted molar refractivity (Wildman–Crippen MR) is 113 cm³/mol. The number of hydrogen-bond donors (Lipinski definition) is 2. The molecule has 0 saturated carbocycles. The van der Waals surface area contributed by atoms with E-state index in [2.05, 4.69) is 5.32 Å². The summed E-state index contributed by atoms with van der Waals surface area (Å²) in [6, 6.07) is 24.0. The Kier molecular flexibility index (Phi) is 5.30. The second-order valence-electron chi connectivity index (χ2n) is 7.19. The lowest BCUT2D eigenvalue weighted by Crippen LogP contribution is -2.49. The standard InChI is InChI=1S/C24H21N3O3/c25-22(28)20(15-16-11-13-18(14-12-16)17-7-3-1-4-8-17)27-23(29)21(26-24(27)30)19-9-5-2-6-10-19/h1-14,20-21H,15H2,(H2,25,28)(H,26,30)/t20-,21-/m0/s1. The Balaban J connectivity index is 1.55. The van der Waals surface area contributed by atoms with Crippen molar-refractivity contribution >= 4 is 17.8 Å². The van der Waals surface area contributed by atoms with E-state index >= 15 is 0 Å². The molecule has 1 aliphatic rings. The van der Waals surface area contributed by atoms with Crippen molar-refractivity contribution < 1.29 is 14.4 Å². The minimum Gasteiger partial charge on any atom is -0.368 e. The second-order valence-corrected chi connectivity index (χ2v) is 7.19. The van der Waals surface area contributed by atoms with E-state index in [9.17, 15) is 14.4 Å². The van der Waals surface area contributed by atoms with Gasteiger partial charge in [0, 0.05) is 6.42 Å². The molecule has 1 saturated heterocycles. The molecule has 0 aliphatic carbocycles. The third-order valence-electron chi connectivity index (χ3n) is 5.23. The zero-order valence-corrected chi connectivity index (χ0v) is 16.2. The van der Waals surface area contributed by atoms with E-state index in [4.69, 9.17) is 5.73 Å². The summed E-state index contributed by atoms with van der Waals surface area (Å²) in [6.07, 6.45) is 0.158. The lowest BCUT2D eigenvalue weighted by Gasteiger charge is -2.22.